The van der Waals surface area contributed by atoms with E-state index in [1.807, 2.05) is 26.0 Å². The Morgan fingerprint density at radius 1 is 1.42 bits per heavy atom. The van der Waals surface area contributed by atoms with Gasteiger partial charge in [0, 0.05) is 29.0 Å². The maximum absolute atomic E-state index is 11.9. The van der Waals surface area contributed by atoms with E-state index in [9.17, 15) is 4.79 Å². The van der Waals surface area contributed by atoms with Gasteiger partial charge in [-0.2, -0.15) is 0 Å². The van der Waals surface area contributed by atoms with E-state index in [2.05, 4.69) is 17.2 Å². The molecule has 0 spiro atoms. The van der Waals surface area contributed by atoms with Gasteiger partial charge in [-0.3, -0.25) is 14.3 Å². The fourth-order valence-electron chi connectivity index (χ4n) is 1.88. The Morgan fingerprint density at radius 3 is 2.84 bits per heavy atom. The zero-order chi connectivity index (χ0) is 13.8. The van der Waals surface area contributed by atoms with E-state index in [4.69, 9.17) is 0 Å². The number of hydrogen-bond donors (Lipinski definition) is 1. The van der Waals surface area contributed by atoms with Crippen molar-refractivity contribution in [2.75, 3.05) is 11.9 Å². The van der Waals surface area contributed by atoms with Crippen LogP contribution in [0.4, 0.5) is 5.69 Å². The highest BCUT2D eigenvalue weighted by atomic mass is 32.1. The number of aryl methyl sites for hydroxylation is 1. The summed E-state index contributed by atoms with van der Waals surface area (Å²) in [7, 11) is 0. The normalized spacial score (nSPS) is 10.7. The fraction of sp³-hybridized carbons (Fsp3) is 0.429. The van der Waals surface area contributed by atoms with E-state index in [-0.39, 0.29) is 4.87 Å². The summed E-state index contributed by atoms with van der Waals surface area (Å²) in [5, 5.41) is 3.33. The lowest BCUT2D eigenvalue weighted by atomic mass is 10.3. The summed E-state index contributed by atoms with van der Waals surface area (Å²) >= 11 is 1.30. The Balaban J connectivity index is 2.21. The topological polar surface area (TPSA) is 46.9 Å². The quantitative estimate of drug-likeness (QED) is 0.914. The lowest BCUT2D eigenvalue weighted by Gasteiger charge is -2.08. The molecule has 0 aliphatic rings. The fourth-order valence-corrected chi connectivity index (χ4v) is 2.71. The van der Waals surface area contributed by atoms with Crippen LogP contribution >= 0.6 is 11.3 Å². The number of nitrogens with one attached hydrogen (secondary N) is 1. The van der Waals surface area contributed by atoms with Crippen LogP contribution in [0.2, 0.25) is 0 Å². The Hall–Kier alpha value is -1.62. The van der Waals surface area contributed by atoms with Gasteiger partial charge in [-0.15, -0.1) is 0 Å². The second kappa shape index (κ2) is 6.02. The summed E-state index contributed by atoms with van der Waals surface area (Å²) in [6.07, 6.45) is 2.87. The largest absolute Gasteiger partial charge is 0.385 e. The molecular formula is C14H19N3OS. The van der Waals surface area contributed by atoms with Crippen molar-refractivity contribution >= 4 is 17.0 Å². The standard InChI is InChI=1S/C14H19N3OS/c1-4-6-15-12-5-7-16-13(8-12)9-17-10(2)11(3)19-14(17)18/h5,7-8H,4,6,9H2,1-3H3,(H,15,16). The van der Waals surface area contributed by atoms with Crippen LogP contribution in [0.5, 0.6) is 0 Å². The maximum atomic E-state index is 11.9. The highest BCUT2D eigenvalue weighted by Gasteiger charge is 2.08. The second-order valence-electron chi connectivity index (χ2n) is 4.56. The summed E-state index contributed by atoms with van der Waals surface area (Å²) in [5.74, 6) is 0. The highest BCUT2D eigenvalue weighted by Crippen LogP contribution is 2.13. The molecule has 0 fully saturated rings. The first-order valence-corrected chi connectivity index (χ1v) is 7.29. The van der Waals surface area contributed by atoms with Gasteiger partial charge in [-0.25, -0.2) is 0 Å². The van der Waals surface area contributed by atoms with E-state index in [1.165, 1.54) is 11.3 Å². The molecule has 0 radical (unpaired) electrons. The van der Waals surface area contributed by atoms with Crippen LogP contribution in [0.15, 0.2) is 23.1 Å². The van der Waals surface area contributed by atoms with Crippen molar-refractivity contribution in [1.82, 2.24) is 9.55 Å². The average Bonchev–Trinajstić information content (AvgIpc) is 2.64. The highest BCUT2D eigenvalue weighted by molar-refractivity contribution is 7.09. The summed E-state index contributed by atoms with van der Waals surface area (Å²) < 4.78 is 1.78. The molecule has 0 aliphatic carbocycles. The molecule has 0 amide bonds. The van der Waals surface area contributed by atoms with Gasteiger partial charge >= 0.3 is 4.87 Å². The minimum Gasteiger partial charge on any atom is -0.385 e. The zero-order valence-corrected chi connectivity index (χ0v) is 12.4. The Morgan fingerprint density at radius 2 is 2.21 bits per heavy atom. The van der Waals surface area contributed by atoms with Gasteiger partial charge in [0.1, 0.15) is 0 Å². The van der Waals surface area contributed by atoms with Crippen LogP contribution in [0.25, 0.3) is 0 Å². The number of thiazole rings is 1. The van der Waals surface area contributed by atoms with Gasteiger partial charge in [0.05, 0.1) is 12.2 Å². The summed E-state index contributed by atoms with van der Waals surface area (Å²) in [6, 6.07) is 3.96. The summed E-state index contributed by atoms with van der Waals surface area (Å²) in [4.78, 5) is 17.4. The number of rotatable bonds is 5. The number of nitrogens with zero attached hydrogens (tertiary/aromatic N) is 2. The Bertz CT molecular complexity index is 615. The number of hydrogen-bond acceptors (Lipinski definition) is 4. The lowest BCUT2D eigenvalue weighted by molar-refractivity contribution is 0.732. The van der Waals surface area contributed by atoms with Gasteiger partial charge in [0.15, 0.2) is 0 Å². The maximum Gasteiger partial charge on any atom is 0.307 e. The van der Waals surface area contributed by atoms with Gasteiger partial charge in [0.25, 0.3) is 0 Å². The second-order valence-corrected chi connectivity index (χ2v) is 5.72. The van der Waals surface area contributed by atoms with Crippen molar-refractivity contribution in [1.29, 1.82) is 0 Å². The number of aromatic nitrogens is 2. The molecule has 0 aromatic carbocycles. The minimum atomic E-state index is 0.0868. The predicted molar refractivity (Wildman–Crippen MR) is 80.2 cm³/mol. The lowest BCUT2D eigenvalue weighted by Crippen LogP contribution is -2.16. The molecule has 2 aromatic heterocycles. The average molecular weight is 277 g/mol. The van der Waals surface area contributed by atoms with Crippen molar-refractivity contribution in [2.24, 2.45) is 0 Å². The van der Waals surface area contributed by atoms with E-state index in [0.717, 1.165) is 34.9 Å². The van der Waals surface area contributed by atoms with Gasteiger partial charge in [0.2, 0.25) is 0 Å². The van der Waals surface area contributed by atoms with Crippen LogP contribution in [0, 0.1) is 13.8 Å². The zero-order valence-electron chi connectivity index (χ0n) is 11.6. The molecular weight excluding hydrogens is 258 g/mol. The van der Waals surface area contributed by atoms with Crippen molar-refractivity contribution in [3.05, 3.63) is 44.3 Å². The number of anilines is 1. The molecule has 0 bridgehead atoms. The monoisotopic (exact) mass is 277 g/mol. The molecule has 0 saturated heterocycles. The molecule has 2 aromatic rings. The summed E-state index contributed by atoms with van der Waals surface area (Å²) in [5.41, 5.74) is 3.00. The van der Waals surface area contributed by atoms with Crippen molar-refractivity contribution in [2.45, 2.75) is 33.7 Å². The molecule has 4 nitrogen and oxygen atoms in total. The van der Waals surface area contributed by atoms with Gasteiger partial charge in [-0.1, -0.05) is 18.3 Å². The first-order valence-electron chi connectivity index (χ1n) is 6.47. The number of pyridine rings is 1. The van der Waals surface area contributed by atoms with E-state index in [0.29, 0.717) is 6.54 Å². The van der Waals surface area contributed by atoms with Crippen LogP contribution < -0.4 is 10.2 Å². The molecule has 0 atom stereocenters. The molecule has 5 heteroatoms. The van der Waals surface area contributed by atoms with E-state index >= 15 is 0 Å². The smallest absolute Gasteiger partial charge is 0.307 e. The Kier molecular flexibility index (Phi) is 4.37. The van der Waals surface area contributed by atoms with Crippen molar-refractivity contribution < 1.29 is 0 Å². The third kappa shape index (κ3) is 3.23. The van der Waals surface area contributed by atoms with E-state index < -0.39 is 0 Å². The van der Waals surface area contributed by atoms with Crippen LogP contribution in [0.1, 0.15) is 29.6 Å². The molecule has 0 unspecified atom stereocenters. The molecule has 0 saturated carbocycles. The first-order chi connectivity index (χ1) is 9.11. The first kappa shape index (κ1) is 13.8. The molecule has 0 aliphatic heterocycles. The Labute approximate surface area is 117 Å². The van der Waals surface area contributed by atoms with Crippen molar-refractivity contribution in [3.63, 3.8) is 0 Å². The van der Waals surface area contributed by atoms with Crippen LogP contribution in [0.3, 0.4) is 0 Å². The molecule has 19 heavy (non-hydrogen) atoms. The molecule has 2 rings (SSSR count). The predicted octanol–water partition coefficient (Wildman–Crippen LogP) is 2.79. The molecule has 102 valence electrons. The van der Waals surface area contributed by atoms with Gasteiger partial charge < -0.3 is 5.32 Å². The molecule has 2 heterocycles. The molecule has 1 N–H and O–H groups in total. The van der Waals surface area contributed by atoms with Crippen LogP contribution in [-0.2, 0) is 6.54 Å². The minimum absolute atomic E-state index is 0.0868. The van der Waals surface area contributed by atoms with Crippen LogP contribution in [-0.4, -0.2) is 16.1 Å². The van der Waals surface area contributed by atoms with Gasteiger partial charge in [-0.05, 0) is 32.4 Å². The summed E-state index contributed by atoms with van der Waals surface area (Å²) in [6.45, 7) is 7.57. The van der Waals surface area contributed by atoms with Crippen molar-refractivity contribution in [3.8, 4) is 0 Å². The third-order valence-electron chi connectivity index (χ3n) is 3.09. The van der Waals surface area contributed by atoms with E-state index in [1.54, 1.807) is 10.8 Å². The SMILES string of the molecule is CCCNc1ccnc(Cn2c(C)c(C)sc2=O)c1. The third-order valence-corrected chi connectivity index (χ3v) is 4.09.